The first-order valence-electron chi connectivity index (χ1n) is 10.9. The smallest absolute Gasteiger partial charge is 0.236 e. The van der Waals surface area contributed by atoms with E-state index >= 15 is 0 Å². The van der Waals surface area contributed by atoms with Crippen LogP contribution in [0.3, 0.4) is 0 Å². The number of amides is 1. The first kappa shape index (κ1) is 26.2. The molecule has 1 amide bonds. The van der Waals surface area contributed by atoms with Gasteiger partial charge in [0.2, 0.25) is 5.91 Å². The molecule has 0 aliphatic carbocycles. The van der Waals surface area contributed by atoms with E-state index in [-0.39, 0.29) is 17.8 Å². The van der Waals surface area contributed by atoms with Crippen LogP contribution in [0.1, 0.15) is 24.4 Å². The summed E-state index contributed by atoms with van der Waals surface area (Å²) in [6.07, 6.45) is 1.38. The lowest BCUT2D eigenvalue weighted by Gasteiger charge is -2.17. The van der Waals surface area contributed by atoms with Crippen LogP contribution in [0.2, 0.25) is 10.0 Å². The largest absolute Gasteiger partial charge is 0.482 e. The molecule has 1 atom stereocenters. The Bertz CT molecular complexity index is 1370. The molecule has 0 aliphatic rings. The van der Waals surface area contributed by atoms with Gasteiger partial charge in [-0.1, -0.05) is 53.2 Å². The van der Waals surface area contributed by atoms with E-state index in [2.05, 4.69) is 27.1 Å². The molecule has 4 rings (SSSR count). The van der Waals surface area contributed by atoms with Crippen molar-refractivity contribution in [1.29, 1.82) is 0 Å². The molecule has 0 radical (unpaired) electrons. The normalized spacial score (nSPS) is 11.8. The number of hydrogen-bond donors (Lipinski definition) is 1. The van der Waals surface area contributed by atoms with E-state index in [0.717, 1.165) is 22.6 Å². The number of hydrogen-bond acceptors (Lipinski definition) is 7. The number of rotatable bonds is 10. The zero-order valence-electron chi connectivity index (χ0n) is 19.6. The van der Waals surface area contributed by atoms with Crippen LogP contribution in [0.4, 0.5) is 5.13 Å². The van der Waals surface area contributed by atoms with Crippen LogP contribution >= 0.6 is 46.3 Å². The lowest BCUT2D eigenvalue weighted by molar-refractivity contribution is -0.113. The van der Waals surface area contributed by atoms with Gasteiger partial charge in [0.05, 0.1) is 11.4 Å². The van der Waals surface area contributed by atoms with Crippen molar-refractivity contribution < 1.29 is 9.53 Å². The van der Waals surface area contributed by atoms with Crippen molar-refractivity contribution in [2.24, 2.45) is 0 Å². The number of aryl methyl sites for hydroxylation is 1. The first-order valence-corrected chi connectivity index (χ1v) is 13.6. The van der Waals surface area contributed by atoms with Crippen LogP contribution in [0.5, 0.6) is 5.75 Å². The Kier molecular flexibility index (Phi) is 8.68. The third kappa shape index (κ3) is 6.47. The summed E-state index contributed by atoms with van der Waals surface area (Å²) >= 11 is 14.7. The number of nitrogens with zero attached hydrogens (tertiary/aromatic N) is 4. The van der Waals surface area contributed by atoms with Crippen LogP contribution in [-0.2, 0) is 11.3 Å². The second-order valence-electron chi connectivity index (χ2n) is 7.79. The Balaban J connectivity index is 1.39. The Hall–Kier alpha value is -2.85. The molecule has 0 bridgehead atoms. The number of nitrogens with one attached hydrogen (secondary N) is 1. The summed E-state index contributed by atoms with van der Waals surface area (Å²) in [5, 5.41) is 15.8. The van der Waals surface area contributed by atoms with Crippen LogP contribution in [0.15, 0.2) is 65.7 Å². The molecule has 4 aromatic rings. The van der Waals surface area contributed by atoms with Gasteiger partial charge in [-0.3, -0.25) is 9.36 Å². The van der Waals surface area contributed by atoms with Crippen molar-refractivity contribution in [3.8, 4) is 17.0 Å². The molecule has 0 saturated carbocycles. The van der Waals surface area contributed by atoms with Gasteiger partial charge >= 0.3 is 0 Å². The highest BCUT2D eigenvalue weighted by Gasteiger charge is 2.20. The van der Waals surface area contributed by atoms with Crippen molar-refractivity contribution in [2.75, 3.05) is 11.1 Å². The van der Waals surface area contributed by atoms with Crippen molar-refractivity contribution in [2.45, 2.75) is 31.7 Å². The summed E-state index contributed by atoms with van der Waals surface area (Å²) in [7, 11) is 0. The second kappa shape index (κ2) is 11.9. The van der Waals surface area contributed by atoms with Crippen molar-refractivity contribution >= 4 is 57.3 Å². The van der Waals surface area contributed by atoms with Crippen LogP contribution in [-0.4, -0.2) is 31.4 Å². The van der Waals surface area contributed by atoms with Gasteiger partial charge in [0.1, 0.15) is 5.75 Å². The maximum absolute atomic E-state index is 12.6. The van der Waals surface area contributed by atoms with E-state index in [1.807, 2.05) is 48.1 Å². The minimum absolute atomic E-state index is 0.149. The van der Waals surface area contributed by atoms with Crippen molar-refractivity contribution in [3.05, 3.63) is 81.9 Å². The molecule has 36 heavy (non-hydrogen) atoms. The fraction of sp³-hybridized carbons (Fsp3) is 0.200. The molecule has 2 heterocycles. The molecular weight excluding hydrogens is 537 g/mol. The van der Waals surface area contributed by atoms with Crippen molar-refractivity contribution in [1.82, 2.24) is 19.7 Å². The first-order chi connectivity index (χ1) is 17.3. The lowest BCUT2D eigenvalue weighted by atomic mass is 10.2. The number of carbonyl (C=O) groups excluding carboxylic acids is 1. The molecule has 7 nitrogen and oxygen atoms in total. The number of benzene rings is 2. The topological polar surface area (TPSA) is 81.9 Å². The molecule has 0 aliphatic heterocycles. The van der Waals surface area contributed by atoms with Gasteiger partial charge < -0.3 is 10.1 Å². The average Bonchev–Trinajstić information content (AvgIpc) is 3.47. The molecule has 2 aromatic heterocycles. The molecule has 186 valence electrons. The third-order valence-electron chi connectivity index (χ3n) is 5.08. The summed E-state index contributed by atoms with van der Waals surface area (Å²) in [5.74, 6) is 1.32. The molecule has 0 spiro atoms. The maximum Gasteiger partial charge on any atom is 0.236 e. The fourth-order valence-electron chi connectivity index (χ4n) is 3.37. The molecule has 1 N–H and O–H groups in total. The van der Waals surface area contributed by atoms with E-state index in [1.54, 1.807) is 24.3 Å². The predicted octanol–water partition coefficient (Wildman–Crippen LogP) is 7.07. The molecular formula is C25H23Cl2N5O2S2. The van der Waals surface area contributed by atoms with Crippen molar-refractivity contribution in [3.63, 3.8) is 0 Å². The number of halogens is 2. The highest BCUT2D eigenvalue weighted by Crippen LogP contribution is 2.29. The van der Waals surface area contributed by atoms with Crippen LogP contribution in [0.25, 0.3) is 11.3 Å². The van der Waals surface area contributed by atoms with Gasteiger partial charge in [0, 0.05) is 27.5 Å². The molecule has 0 fully saturated rings. The van der Waals surface area contributed by atoms with Gasteiger partial charge in [-0.15, -0.1) is 28.1 Å². The van der Waals surface area contributed by atoms with Gasteiger partial charge in [-0.2, -0.15) is 0 Å². The van der Waals surface area contributed by atoms with Crippen LogP contribution in [0, 0.1) is 6.92 Å². The Morgan fingerprint density at radius 1 is 1.22 bits per heavy atom. The number of thiazole rings is 1. The SMILES string of the molecule is C=CCn1c(SCC(=O)Nc2nc(-c3ccc(Cl)cc3)cs2)nnc1C(C)Oc1ccc(Cl)cc1C. The minimum atomic E-state index is -0.373. The number of thioether (sulfide) groups is 1. The van der Waals surface area contributed by atoms with E-state index in [4.69, 9.17) is 27.9 Å². The zero-order chi connectivity index (χ0) is 25.7. The third-order valence-corrected chi connectivity index (χ3v) is 7.30. The summed E-state index contributed by atoms with van der Waals surface area (Å²) in [6, 6.07) is 12.9. The van der Waals surface area contributed by atoms with Gasteiger partial charge in [-0.25, -0.2) is 4.98 Å². The fourth-order valence-corrected chi connectivity index (χ4v) is 5.21. The maximum atomic E-state index is 12.6. The Labute approximate surface area is 227 Å². The van der Waals surface area contributed by atoms with Crippen LogP contribution < -0.4 is 10.1 Å². The average molecular weight is 561 g/mol. The van der Waals surface area contributed by atoms with E-state index < -0.39 is 0 Å². The lowest BCUT2D eigenvalue weighted by Crippen LogP contribution is -2.15. The molecule has 1 unspecified atom stereocenters. The second-order valence-corrected chi connectivity index (χ2v) is 10.5. The summed E-state index contributed by atoms with van der Waals surface area (Å²) in [6.45, 7) is 8.15. The van der Waals surface area contributed by atoms with Gasteiger partial charge in [0.15, 0.2) is 22.2 Å². The minimum Gasteiger partial charge on any atom is -0.482 e. The van der Waals surface area contributed by atoms with E-state index in [9.17, 15) is 4.79 Å². The number of allylic oxidation sites excluding steroid dienone is 1. The Morgan fingerprint density at radius 2 is 1.97 bits per heavy atom. The van der Waals surface area contributed by atoms with E-state index in [0.29, 0.717) is 32.7 Å². The number of anilines is 1. The number of carbonyl (C=O) groups is 1. The molecule has 2 aromatic carbocycles. The summed E-state index contributed by atoms with van der Waals surface area (Å²) in [4.78, 5) is 17.1. The monoisotopic (exact) mass is 559 g/mol. The van der Waals surface area contributed by atoms with Gasteiger partial charge in [0.25, 0.3) is 0 Å². The summed E-state index contributed by atoms with van der Waals surface area (Å²) < 4.78 is 8.01. The molecule has 0 saturated heterocycles. The highest BCUT2D eigenvalue weighted by atomic mass is 35.5. The molecule has 11 heteroatoms. The zero-order valence-corrected chi connectivity index (χ0v) is 22.7. The van der Waals surface area contributed by atoms with Gasteiger partial charge in [-0.05, 0) is 49.7 Å². The van der Waals surface area contributed by atoms with E-state index in [1.165, 1.54) is 23.1 Å². The Morgan fingerprint density at radius 3 is 2.69 bits per heavy atom. The predicted molar refractivity (Wildman–Crippen MR) is 147 cm³/mol. The standard InChI is InChI=1S/C25H23Cl2N5O2S2/c1-4-11-32-23(16(3)34-21-10-9-19(27)12-15(21)2)30-31-25(32)36-14-22(33)29-24-28-20(13-35-24)17-5-7-18(26)8-6-17/h4-10,12-13,16H,1,11,14H2,2-3H3,(H,28,29,33). The highest BCUT2D eigenvalue weighted by molar-refractivity contribution is 7.99. The quantitative estimate of drug-likeness (QED) is 0.165. The number of ether oxygens (including phenoxy) is 1. The summed E-state index contributed by atoms with van der Waals surface area (Å²) in [5.41, 5.74) is 2.64. The number of aromatic nitrogens is 4.